The molecule has 54 heavy (non-hydrogen) atoms. The molecule has 0 aromatic rings. The number of hydrogen-bond acceptors (Lipinski definition) is 8. The SMILES string of the molecule is CCCCC/C=C\CCCCCCCC(=O)OC[C@H](COP(=O)([O-])OCC[N+](C)(C)C)OC(=O)CCCCCCCCCCCCCCCCCCCC. The molecule has 0 radical (unpaired) electrons. The summed E-state index contributed by atoms with van der Waals surface area (Å²) in [6, 6.07) is 0. The number of allylic oxidation sites excluding steroid dienone is 2. The van der Waals surface area contributed by atoms with Crippen molar-refractivity contribution >= 4 is 19.8 Å². The quantitative estimate of drug-likeness (QED) is 0.0198. The summed E-state index contributed by atoms with van der Waals surface area (Å²) < 4.78 is 33.9. The van der Waals surface area contributed by atoms with Gasteiger partial charge in [-0.25, -0.2) is 0 Å². The molecule has 0 amide bonds. The van der Waals surface area contributed by atoms with E-state index in [1.807, 2.05) is 21.1 Å². The van der Waals surface area contributed by atoms with Crippen LogP contribution >= 0.6 is 7.82 Å². The van der Waals surface area contributed by atoms with Crippen LogP contribution in [0.2, 0.25) is 0 Å². The van der Waals surface area contributed by atoms with Crippen molar-refractivity contribution in [2.45, 2.75) is 213 Å². The van der Waals surface area contributed by atoms with Crippen LogP contribution in [0.3, 0.4) is 0 Å². The molecule has 1 unspecified atom stereocenters. The second-order valence-electron chi connectivity index (χ2n) is 16.4. The molecular formula is C44H86NO8P. The van der Waals surface area contributed by atoms with E-state index in [0.29, 0.717) is 17.4 Å². The standard InChI is InChI=1S/C44H86NO8P/c1-6-8-10-12-14-16-18-20-21-22-23-24-25-27-29-31-33-35-37-44(47)53-42(41-52-54(48,49)51-39-38-45(3,4)5)40-50-43(46)36-34-32-30-28-26-19-17-15-13-11-9-7-2/h15,17,42H,6-14,16,18-41H2,1-5H3/b17-15-/t42-/m1/s1. The highest BCUT2D eigenvalue weighted by molar-refractivity contribution is 7.45. The number of likely N-dealkylation sites (N-methyl/N-ethyl adjacent to an activating group) is 1. The Morgan fingerprint density at radius 1 is 0.556 bits per heavy atom. The van der Waals surface area contributed by atoms with Crippen LogP contribution in [0.15, 0.2) is 12.2 Å². The molecule has 9 nitrogen and oxygen atoms in total. The summed E-state index contributed by atoms with van der Waals surface area (Å²) in [4.78, 5) is 37.5. The van der Waals surface area contributed by atoms with E-state index in [2.05, 4.69) is 26.0 Å². The van der Waals surface area contributed by atoms with Gasteiger partial charge in [0.15, 0.2) is 6.10 Å². The highest BCUT2D eigenvalue weighted by Crippen LogP contribution is 2.38. The van der Waals surface area contributed by atoms with Gasteiger partial charge in [0.25, 0.3) is 7.82 Å². The van der Waals surface area contributed by atoms with E-state index in [-0.39, 0.29) is 32.0 Å². The number of hydrogen-bond donors (Lipinski definition) is 0. The molecule has 0 aliphatic rings. The topological polar surface area (TPSA) is 111 Å². The number of ether oxygens (including phenoxy) is 2. The zero-order chi connectivity index (χ0) is 40.0. The van der Waals surface area contributed by atoms with Gasteiger partial charge in [0.2, 0.25) is 0 Å². The van der Waals surface area contributed by atoms with Gasteiger partial charge in [-0.3, -0.25) is 14.2 Å². The number of carbonyl (C=O) groups is 2. The van der Waals surface area contributed by atoms with Crippen molar-refractivity contribution in [3.63, 3.8) is 0 Å². The summed E-state index contributed by atoms with van der Waals surface area (Å²) in [7, 11) is 1.17. The van der Waals surface area contributed by atoms with E-state index < -0.39 is 26.5 Å². The molecule has 0 aliphatic heterocycles. The van der Waals surface area contributed by atoms with Crippen molar-refractivity contribution in [2.75, 3.05) is 47.5 Å². The van der Waals surface area contributed by atoms with Crippen molar-refractivity contribution < 1.29 is 42.1 Å². The molecule has 0 N–H and O–H groups in total. The molecule has 0 rings (SSSR count). The van der Waals surface area contributed by atoms with Gasteiger partial charge in [-0.1, -0.05) is 167 Å². The van der Waals surface area contributed by atoms with Gasteiger partial charge in [-0.15, -0.1) is 0 Å². The Hall–Kier alpha value is -1.25. The van der Waals surface area contributed by atoms with E-state index in [4.69, 9.17) is 18.5 Å². The number of carbonyl (C=O) groups excluding carboxylic acids is 2. The summed E-state index contributed by atoms with van der Waals surface area (Å²) >= 11 is 0. The van der Waals surface area contributed by atoms with Crippen molar-refractivity contribution in [3.05, 3.63) is 12.2 Å². The van der Waals surface area contributed by atoms with Gasteiger partial charge in [0, 0.05) is 12.8 Å². The lowest BCUT2D eigenvalue weighted by Gasteiger charge is -2.28. The smallest absolute Gasteiger partial charge is 0.306 e. The first-order valence-corrected chi connectivity index (χ1v) is 23.9. The minimum absolute atomic E-state index is 0.0289. The minimum Gasteiger partial charge on any atom is -0.756 e. The Kier molecular flexibility index (Phi) is 36.5. The molecule has 0 bridgehead atoms. The first-order valence-electron chi connectivity index (χ1n) is 22.4. The molecule has 320 valence electrons. The normalized spacial score (nSPS) is 13.7. The minimum atomic E-state index is -4.62. The molecule has 0 aromatic carbocycles. The van der Waals surface area contributed by atoms with E-state index >= 15 is 0 Å². The van der Waals surface area contributed by atoms with Crippen molar-refractivity contribution in [1.29, 1.82) is 0 Å². The molecule has 0 heterocycles. The van der Waals surface area contributed by atoms with Gasteiger partial charge in [0.05, 0.1) is 27.7 Å². The van der Waals surface area contributed by atoms with E-state index in [1.165, 1.54) is 122 Å². The number of unbranched alkanes of at least 4 members (excludes halogenated alkanes) is 25. The van der Waals surface area contributed by atoms with Crippen molar-refractivity contribution in [2.24, 2.45) is 0 Å². The first kappa shape index (κ1) is 52.8. The highest BCUT2D eigenvalue weighted by Gasteiger charge is 2.21. The molecule has 2 atom stereocenters. The van der Waals surface area contributed by atoms with Gasteiger partial charge in [-0.05, 0) is 38.5 Å². The third-order valence-electron chi connectivity index (χ3n) is 9.79. The van der Waals surface area contributed by atoms with E-state index in [0.717, 1.165) is 51.4 Å². The largest absolute Gasteiger partial charge is 0.756 e. The fraction of sp³-hybridized carbons (Fsp3) is 0.909. The van der Waals surface area contributed by atoms with E-state index in [1.54, 1.807) is 0 Å². The lowest BCUT2D eigenvalue weighted by atomic mass is 10.0. The molecule has 0 aromatic heterocycles. The van der Waals surface area contributed by atoms with Gasteiger partial charge >= 0.3 is 11.9 Å². The lowest BCUT2D eigenvalue weighted by Crippen LogP contribution is -2.37. The number of quaternary nitrogens is 1. The van der Waals surface area contributed by atoms with Crippen LogP contribution in [0.1, 0.15) is 206 Å². The van der Waals surface area contributed by atoms with Crippen LogP contribution < -0.4 is 4.89 Å². The van der Waals surface area contributed by atoms with Crippen molar-refractivity contribution in [1.82, 2.24) is 0 Å². The van der Waals surface area contributed by atoms with Gasteiger partial charge in [-0.2, -0.15) is 0 Å². The van der Waals surface area contributed by atoms with Gasteiger partial charge < -0.3 is 27.9 Å². The predicted octanol–water partition coefficient (Wildman–Crippen LogP) is 11.9. The molecule has 0 aliphatic carbocycles. The number of phosphoric ester groups is 1. The highest BCUT2D eigenvalue weighted by atomic mass is 31.2. The van der Waals surface area contributed by atoms with Crippen LogP contribution in [0, 0.1) is 0 Å². The second-order valence-corrected chi connectivity index (χ2v) is 17.8. The Bertz CT molecular complexity index is 938. The zero-order valence-electron chi connectivity index (χ0n) is 35.9. The second kappa shape index (κ2) is 37.3. The zero-order valence-corrected chi connectivity index (χ0v) is 36.8. The number of phosphoric acid groups is 1. The monoisotopic (exact) mass is 788 g/mol. The number of rotatable bonds is 41. The summed E-state index contributed by atoms with van der Waals surface area (Å²) in [5, 5.41) is 0. The van der Waals surface area contributed by atoms with Crippen LogP contribution in [-0.2, 0) is 32.7 Å². The third-order valence-corrected chi connectivity index (χ3v) is 10.7. The summed E-state index contributed by atoms with van der Waals surface area (Å²) in [5.74, 6) is -0.835. The third kappa shape index (κ3) is 40.4. The van der Waals surface area contributed by atoms with Crippen LogP contribution in [0.25, 0.3) is 0 Å². The Balaban J connectivity index is 4.30. The predicted molar refractivity (Wildman–Crippen MR) is 222 cm³/mol. The number of esters is 2. The first-order chi connectivity index (χ1) is 26.0. The van der Waals surface area contributed by atoms with Crippen LogP contribution in [0.4, 0.5) is 0 Å². The summed E-state index contributed by atoms with van der Waals surface area (Å²) in [6.07, 6.45) is 38.1. The Morgan fingerprint density at radius 3 is 1.41 bits per heavy atom. The molecular weight excluding hydrogens is 701 g/mol. The number of nitrogens with zero attached hydrogens (tertiary/aromatic N) is 1. The molecule has 0 fully saturated rings. The fourth-order valence-corrected chi connectivity index (χ4v) is 6.97. The maximum Gasteiger partial charge on any atom is 0.306 e. The fourth-order valence-electron chi connectivity index (χ4n) is 6.24. The Labute approximate surface area is 333 Å². The Morgan fingerprint density at radius 2 is 0.944 bits per heavy atom. The maximum absolute atomic E-state index is 12.7. The average Bonchev–Trinajstić information content (AvgIpc) is 3.12. The lowest BCUT2D eigenvalue weighted by molar-refractivity contribution is -0.870. The molecule has 10 heteroatoms. The molecule has 0 saturated heterocycles. The van der Waals surface area contributed by atoms with Crippen LogP contribution in [-0.4, -0.2) is 70.0 Å². The summed E-state index contributed by atoms with van der Waals surface area (Å²) in [5.41, 5.74) is 0. The van der Waals surface area contributed by atoms with Gasteiger partial charge in [0.1, 0.15) is 19.8 Å². The van der Waals surface area contributed by atoms with E-state index in [9.17, 15) is 19.0 Å². The molecule has 0 saturated carbocycles. The maximum atomic E-state index is 12.7. The molecule has 0 spiro atoms. The van der Waals surface area contributed by atoms with Crippen molar-refractivity contribution in [3.8, 4) is 0 Å². The summed E-state index contributed by atoms with van der Waals surface area (Å²) in [6.45, 7) is 4.22. The van der Waals surface area contributed by atoms with Crippen LogP contribution in [0.5, 0.6) is 0 Å². The average molecular weight is 788 g/mol.